The lowest BCUT2D eigenvalue weighted by molar-refractivity contribution is 0.0550. The summed E-state index contributed by atoms with van der Waals surface area (Å²) in [4.78, 5) is 15.7. The van der Waals surface area contributed by atoms with Crippen LogP contribution >= 0.6 is 0 Å². The molecule has 0 unspecified atom stereocenters. The number of nitrogens with one attached hydrogen (secondary N) is 1. The highest BCUT2D eigenvalue weighted by Crippen LogP contribution is 2.17. The standard InChI is InChI=1S/C17H29N3O2/c1-6-7-12-19(4)15-10-8-14(9-11-15)18-16(21)20(5)13-17(2,3)22/h8-11,22H,6-7,12-13H2,1-5H3,(H,18,21). The molecule has 0 aliphatic heterocycles. The number of rotatable bonds is 7. The van der Waals surface area contributed by atoms with Crippen LogP contribution in [0.3, 0.4) is 0 Å². The van der Waals surface area contributed by atoms with Crippen LogP contribution in [0, 0.1) is 0 Å². The van der Waals surface area contributed by atoms with Crippen molar-refractivity contribution in [3.63, 3.8) is 0 Å². The molecule has 1 rings (SSSR count). The van der Waals surface area contributed by atoms with Crippen molar-refractivity contribution in [2.45, 2.75) is 39.2 Å². The maximum atomic E-state index is 12.0. The second-order valence-electron chi connectivity index (χ2n) is 6.42. The molecule has 2 N–H and O–H groups in total. The number of anilines is 2. The monoisotopic (exact) mass is 307 g/mol. The second-order valence-corrected chi connectivity index (χ2v) is 6.42. The quantitative estimate of drug-likeness (QED) is 0.813. The van der Waals surface area contributed by atoms with Gasteiger partial charge in [0.05, 0.1) is 12.1 Å². The Morgan fingerprint density at radius 1 is 1.23 bits per heavy atom. The zero-order valence-corrected chi connectivity index (χ0v) is 14.4. The van der Waals surface area contributed by atoms with Crippen molar-refractivity contribution >= 4 is 17.4 Å². The first-order chi connectivity index (χ1) is 10.2. The van der Waals surface area contributed by atoms with Gasteiger partial charge in [0, 0.05) is 32.0 Å². The van der Waals surface area contributed by atoms with Crippen LogP contribution in [-0.2, 0) is 0 Å². The molecule has 0 saturated carbocycles. The molecule has 124 valence electrons. The van der Waals surface area contributed by atoms with E-state index in [1.165, 1.54) is 11.3 Å². The van der Waals surface area contributed by atoms with Gasteiger partial charge < -0.3 is 20.2 Å². The molecule has 22 heavy (non-hydrogen) atoms. The van der Waals surface area contributed by atoms with E-state index < -0.39 is 5.60 Å². The molecule has 0 heterocycles. The van der Waals surface area contributed by atoms with E-state index in [1.54, 1.807) is 20.9 Å². The number of carbonyl (C=O) groups is 1. The van der Waals surface area contributed by atoms with Gasteiger partial charge in [-0.2, -0.15) is 0 Å². The fraction of sp³-hybridized carbons (Fsp3) is 0.588. The molecule has 0 fully saturated rings. The predicted molar refractivity (Wildman–Crippen MR) is 92.6 cm³/mol. The summed E-state index contributed by atoms with van der Waals surface area (Å²) in [7, 11) is 3.74. The summed E-state index contributed by atoms with van der Waals surface area (Å²) in [5.41, 5.74) is 0.981. The van der Waals surface area contributed by atoms with Gasteiger partial charge in [0.1, 0.15) is 0 Å². The lowest BCUT2D eigenvalue weighted by Crippen LogP contribution is -2.41. The largest absolute Gasteiger partial charge is 0.389 e. The molecule has 2 amide bonds. The SMILES string of the molecule is CCCCN(C)c1ccc(NC(=O)N(C)CC(C)(C)O)cc1. The third kappa shape index (κ3) is 6.35. The van der Waals surface area contributed by atoms with E-state index >= 15 is 0 Å². The van der Waals surface area contributed by atoms with Gasteiger partial charge in [0.15, 0.2) is 0 Å². The van der Waals surface area contributed by atoms with E-state index in [1.807, 2.05) is 24.3 Å². The van der Waals surface area contributed by atoms with Crippen molar-refractivity contribution in [1.82, 2.24) is 4.90 Å². The Bertz CT molecular complexity index is 466. The number of nitrogens with zero attached hydrogens (tertiary/aromatic N) is 2. The molecule has 0 aliphatic carbocycles. The molecular formula is C17H29N3O2. The fourth-order valence-electron chi connectivity index (χ4n) is 2.19. The number of likely N-dealkylation sites (N-methyl/N-ethyl adjacent to an activating group) is 1. The van der Waals surface area contributed by atoms with Crippen LogP contribution in [-0.4, -0.2) is 48.8 Å². The Morgan fingerprint density at radius 2 is 1.82 bits per heavy atom. The summed E-state index contributed by atoms with van der Waals surface area (Å²) >= 11 is 0. The number of hydrogen-bond donors (Lipinski definition) is 2. The van der Waals surface area contributed by atoms with E-state index in [4.69, 9.17) is 0 Å². The molecule has 0 saturated heterocycles. The summed E-state index contributed by atoms with van der Waals surface area (Å²) in [5.74, 6) is 0. The predicted octanol–water partition coefficient (Wildman–Crippen LogP) is 3.16. The highest BCUT2D eigenvalue weighted by Gasteiger charge is 2.19. The molecule has 0 atom stereocenters. The first-order valence-corrected chi connectivity index (χ1v) is 7.78. The van der Waals surface area contributed by atoms with E-state index in [2.05, 4.69) is 24.2 Å². The van der Waals surface area contributed by atoms with Crippen LogP contribution in [0.2, 0.25) is 0 Å². The molecule has 0 aliphatic rings. The minimum absolute atomic E-state index is 0.228. The van der Waals surface area contributed by atoms with Gasteiger partial charge in [0.2, 0.25) is 0 Å². The van der Waals surface area contributed by atoms with Crippen molar-refractivity contribution < 1.29 is 9.90 Å². The Morgan fingerprint density at radius 3 is 2.32 bits per heavy atom. The molecule has 0 spiro atoms. The molecule has 1 aromatic carbocycles. The molecule has 5 heteroatoms. The summed E-state index contributed by atoms with van der Waals surface area (Å²) in [6, 6.07) is 7.57. The van der Waals surface area contributed by atoms with Crippen molar-refractivity contribution in [1.29, 1.82) is 0 Å². The van der Waals surface area contributed by atoms with Crippen molar-refractivity contribution in [2.75, 3.05) is 37.4 Å². The number of aliphatic hydroxyl groups is 1. The lowest BCUT2D eigenvalue weighted by Gasteiger charge is -2.26. The Hall–Kier alpha value is -1.75. The van der Waals surface area contributed by atoms with Gasteiger partial charge in [-0.25, -0.2) is 4.79 Å². The average molecular weight is 307 g/mol. The number of benzene rings is 1. The highest BCUT2D eigenvalue weighted by atomic mass is 16.3. The van der Waals surface area contributed by atoms with Crippen LogP contribution < -0.4 is 10.2 Å². The zero-order chi connectivity index (χ0) is 16.8. The Balaban J connectivity index is 2.58. The summed E-state index contributed by atoms with van der Waals surface area (Å²) in [6.07, 6.45) is 2.34. The number of amides is 2. The normalized spacial score (nSPS) is 11.2. The first-order valence-electron chi connectivity index (χ1n) is 7.78. The third-order valence-corrected chi connectivity index (χ3v) is 3.38. The average Bonchev–Trinajstić information content (AvgIpc) is 2.43. The number of hydrogen-bond acceptors (Lipinski definition) is 3. The molecule has 0 bridgehead atoms. The van der Waals surface area contributed by atoms with E-state index in [0.29, 0.717) is 0 Å². The van der Waals surface area contributed by atoms with E-state index in [-0.39, 0.29) is 12.6 Å². The van der Waals surface area contributed by atoms with Crippen LogP contribution in [0.1, 0.15) is 33.6 Å². The molecule has 0 aromatic heterocycles. The molecule has 5 nitrogen and oxygen atoms in total. The van der Waals surface area contributed by atoms with Crippen LogP contribution in [0.4, 0.5) is 16.2 Å². The Kier molecular flexibility index (Phi) is 6.68. The van der Waals surface area contributed by atoms with Gasteiger partial charge in [-0.3, -0.25) is 0 Å². The fourth-order valence-corrected chi connectivity index (χ4v) is 2.19. The molecule has 0 radical (unpaired) electrons. The Labute approximate surface area is 133 Å². The minimum atomic E-state index is -0.905. The lowest BCUT2D eigenvalue weighted by atomic mass is 10.1. The van der Waals surface area contributed by atoms with Crippen LogP contribution in [0.15, 0.2) is 24.3 Å². The summed E-state index contributed by atoms with van der Waals surface area (Å²) < 4.78 is 0. The van der Waals surface area contributed by atoms with Gasteiger partial charge in [-0.15, -0.1) is 0 Å². The maximum absolute atomic E-state index is 12.0. The van der Waals surface area contributed by atoms with Gasteiger partial charge in [-0.1, -0.05) is 13.3 Å². The van der Waals surface area contributed by atoms with Gasteiger partial charge in [-0.05, 0) is 44.5 Å². The highest BCUT2D eigenvalue weighted by molar-refractivity contribution is 5.89. The zero-order valence-electron chi connectivity index (χ0n) is 14.4. The number of unbranched alkanes of at least 4 members (excludes halogenated alkanes) is 1. The van der Waals surface area contributed by atoms with E-state index in [9.17, 15) is 9.90 Å². The van der Waals surface area contributed by atoms with Crippen LogP contribution in [0.5, 0.6) is 0 Å². The van der Waals surface area contributed by atoms with E-state index in [0.717, 1.165) is 24.3 Å². The topological polar surface area (TPSA) is 55.8 Å². The third-order valence-electron chi connectivity index (χ3n) is 3.38. The van der Waals surface area contributed by atoms with Gasteiger partial charge in [0.25, 0.3) is 0 Å². The molecule has 1 aromatic rings. The smallest absolute Gasteiger partial charge is 0.321 e. The van der Waals surface area contributed by atoms with Crippen molar-refractivity contribution in [2.24, 2.45) is 0 Å². The minimum Gasteiger partial charge on any atom is -0.389 e. The number of urea groups is 1. The van der Waals surface area contributed by atoms with Crippen molar-refractivity contribution in [3.8, 4) is 0 Å². The van der Waals surface area contributed by atoms with Crippen molar-refractivity contribution in [3.05, 3.63) is 24.3 Å². The summed E-state index contributed by atoms with van der Waals surface area (Å²) in [5, 5.41) is 12.6. The molecular weight excluding hydrogens is 278 g/mol. The maximum Gasteiger partial charge on any atom is 0.321 e. The van der Waals surface area contributed by atoms with Crippen LogP contribution in [0.25, 0.3) is 0 Å². The summed E-state index contributed by atoms with van der Waals surface area (Å²) in [6.45, 7) is 6.83. The first kappa shape index (κ1) is 18.3. The second kappa shape index (κ2) is 8.03. The van der Waals surface area contributed by atoms with Gasteiger partial charge >= 0.3 is 6.03 Å². The number of carbonyl (C=O) groups excluding carboxylic acids is 1.